The summed E-state index contributed by atoms with van der Waals surface area (Å²) in [5, 5.41) is 220. The van der Waals surface area contributed by atoms with Crippen LogP contribution in [-0.4, -0.2) is 393 Å². The van der Waals surface area contributed by atoms with Crippen molar-refractivity contribution in [2.45, 2.75) is 400 Å². The largest absolute Gasteiger partial charge is 0.432 e. The molecule has 756 valence electrons. The second kappa shape index (κ2) is 48.4. The third-order valence-corrected chi connectivity index (χ3v) is 31.3. The number of allylic oxidation sites excluding steroid dienone is 2. The van der Waals surface area contributed by atoms with Crippen LogP contribution >= 0.6 is 0 Å². The maximum absolute atomic E-state index is 16.1. The molecule has 0 radical (unpaired) electrons. The lowest BCUT2D eigenvalue weighted by atomic mass is 9.33. The molecule has 39 atom stereocenters. The number of esters is 1. The van der Waals surface area contributed by atoms with Crippen LogP contribution in [0.5, 0.6) is 0 Å². The Morgan fingerprint density at radius 1 is 0.569 bits per heavy atom. The number of aliphatic hydroxyl groups excluding tert-OH is 17. The summed E-state index contributed by atoms with van der Waals surface area (Å²) in [5.41, 5.74) is -0.716. The van der Waals surface area contributed by atoms with Gasteiger partial charge in [-0.25, -0.2) is 0 Å². The van der Waals surface area contributed by atoms with Gasteiger partial charge in [-0.2, -0.15) is 0 Å². The standard InChI is InChI=1S/C91H163N5O34/c1-12-13-14-15-16-17-18-19-20-21-40-96-76(114)73(118-11)69(111)74(127-77-66(108)61(103)53(99)44-119-77)82(129-80-67(109)63(105)62(104)55(43-97)123-80)124-59-29-30-86(6)56(87(59,7)46-95-39-25-38-94-36-23-22-35-93-37-24-34-92)28-31-88(8)57(86)27-26-51-52-41-85(4,5)32-33-91(52,58(101)42-89(51,88)9)84(115)130-81(65(107)60(102)49(2)117-10)128-79-68(110)64(106)71(50(3)122-79)125-78-70(112)72(54(100)45-120-78)126-83-75(113)90(116,47-98)48-121-83/h26,49-50,52-75,77-83,93-95,97-113,116H,12-25,27-48,92H2,1-11H3,(H,96,114)/t49?,50?,52?,53?,54?,55?,56?,57?,58-,59+,60?,61?,62?,63?,64?,65?,66?,67?,68?,69?,70?,71?,72?,73?,74?,75?,77?,78?,79?,80?,81?,82?,83?,86+,87+,88-,89-,90?,91-/m1/s1. The molecule has 4 saturated carbocycles. The Hall–Kier alpha value is -2.72. The molecule has 9 fully saturated rings. The highest BCUT2D eigenvalue weighted by atomic mass is 16.8. The first-order chi connectivity index (χ1) is 61.7. The number of carbonyl (C=O) groups is 2. The van der Waals surface area contributed by atoms with Gasteiger partial charge in [0.15, 0.2) is 43.8 Å². The molecule has 0 spiro atoms. The number of rotatable bonds is 50. The summed E-state index contributed by atoms with van der Waals surface area (Å²) in [4.78, 5) is 30.7. The average molecular weight is 1870 g/mol. The average Bonchev–Trinajstić information content (AvgIpc) is 0.679. The predicted octanol–water partition coefficient (Wildman–Crippen LogP) is -1.81. The van der Waals surface area contributed by atoms with Crippen LogP contribution in [0, 0.1) is 50.2 Å². The van der Waals surface area contributed by atoms with Crippen molar-refractivity contribution in [1.29, 1.82) is 0 Å². The summed E-state index contributed by atoms with van der Waals surface area (Å²) >= 11 is 0. The molecule has 1 amide bonds. The molecule has 10 aliphatic rings. The summed E-state index contributed by atoms with van der Waals surface area (Å²) < 4.78 is 85.5. The quantitative estimate of drug-likeness (QED) is 0.0138. The van der Waals surface area contributed by atoms with Crippen molar-refractivity contribution in [3.63, 3.8) is 0 Å². The van der Waals surface area contributed by atoms with E-state index < -0.39 is 273 Å². The van der Waals surface area contributed by atoms with E-state index in [1.165, 1.54) is 47.3 Å². The van der Waals surface area contributed by atoms with Gasteiger partial charge in [0, 0.05) is 32.7 Å². The lowest BCUT2D eigenvalue weighted by Gasteiger charge is -2.72. The lowest BCUT2D eigenvalue weighted by Crippen LogP contribution is -2.69. The van der Waals surface area contributed by atoms with Crippen molar-refractivity contribution in [2.75, 3.05) is 99.6 Å². The molecule has 10 rings (SSSR count). The Morgan fingerprint density at radius 2 is 1.17 bits per heavy atom. The van der Waals surface area contributed by atoms with Crippen LogP contribution in [0.4, 0.5) is 0 Å². The van der Waals surface area contributed by atoms with Gasteiger partial charge in [0.1, 0.15) is 121 Å². The highest BCUT2D eigenvalue weighted by Gasteiger charge is 2.73. The number of carbonyl (C=O) groups excluding carboxylic acids is 2. The van der Waals surface area contributed by atoms with Crippen LogP contribution in [0.1, 0.15) is 210 Å². The minimum absolute atomic E-state index is 0.0420. The van der Waals surface area contributed by atoms with Crippen LogP contribution in [0.3, 0.4) is 0 Å². The van der Waals surface area contributed by atoms with Crippen LogP contribution in [-0.2, 0) is 75.9 Å². The van der Waals surface area contributed by atoms with E-state index in [4.69, 9.17) is 72.0 Å². The molecule has 39 nitrogen and oxygen atoms in total. The Balaban J connectivity index is 0.949. The topological polar surface area (TPSA) is 602 Å². The zero-order valence-corrected chi connectivity index (χ0v) is 78.2. The van der Waals surface area contributed by atoms with E-state index >= 15 is 4.79 Å². The smallest absolute Gasteiger partial charge is 0.317 e. The molecule has 0 aromatic carbocycles. The number of hydrogen-bond acceptors (Lipinski definition) is 38. The van der Waals surface area contributed by atoms with Gasteiger partial charge in [0.05, 0.1) is 57.5 Å². The number of hydrogen-bond donors (Lipinski definition) is 23. The number of nitrogens with one attached hydrogen (secondary N) is 4. The molecule has 5 aliphatic carbocycles. The number of aliphatic hydroxyl groups is 18. The Labute approximate surface area is 765 Å². The van der Waals surface area contributed by atoms with E-state index in [0.29, 0.717) is 77.5 Å². The number of ether oxygens (including phenoxy) is 14. The fourth-order valence-corrected chi connectivity index (χ4v) is 22.8. The van der Waals surface area contributed by atoms with Crippen LogP contribution < -0.4 is 27.0 Å². The molecule has 32 unspecified atom stereocenters. The number of fused-ring (bicyclic) bond motifs is 7. The third-order valence-electron chi connectivity index (χ3n) is 31.3. The first-order valence-corrected chi connectivity index (χ1v) is 48.0. The lowest BCUT2D eigenvalue weighted by molar-refractivity contribution is -0.384. The Kier molecular flexibility index (Phi) is 40.7. The van der Waals surface area contributed by atoms with Gasteiger partial charge in [-0.15, -0.1) is 0 Å². The van der Waals surface area contributed by atoms with Crippen LogP contribution in [0.25, 0.3) is 0 Å². The SMILES string of the molecule is CCCCCCCCCCCCNC(=O)C(OC)C(O)C(OC1OCC(O)C(O)C1O)C(OC1OC(CO)C(O)C(O)C1O)O[C@H]1CC[C@@]2(C)C(CC[C@]3(C)C2CC=C2C4CC(C)(C)CC[C@]4(C(=O)OC(OC4OC(C)C(OC5OCC(O)C(OC6OCC(O)(CO)C6O)C5O)C(O)C4O)C(O)C(O)C(C)OC)[C@H](O)C[C@]23C)[C@]1(C)CNCCCNCCCCNCCCN. The monoisotopic (exact) mass is 1870 g/mol. The molecular formula is C91H163N5O34. The zero-order valence-electron chi connectivity index (χ0n) is 78.2. The fourth-order valence-electron chi connectivity index (χ4n) is 22.8. The fraction of sp³-hybridized carbons (Fsp3) is 0.956. The van der Waals surface area contributed by atoms with E-state index in [1.54, 1.807) is 0 Å². The van der Waals surface area contributed by atoms with Crippen molar-refractivity contribution in [3.8, 4) is 0 Å². The van der Waals surface area contributed by atoms with Gasteiger partial charge in [-0.3, -0.25) is 9.59 Å². The second-order valence-corrected chi connectivity index (χ2v) is 40.6. The molecule has 0 aromatic rings. The van der Waals surface area contributed by atoms with E-state index in [9.17, 15) is 96.7 Å². The van der Waals surface area contributed by atoms with Crippen molar-refractivity contribution < 1.29 is 168 Å². The third kappa shape index (κ3) is 24.3. The predicted molar refractivity (Wildman–Crippen MR) is 464 cm³/mol. The molecule has 5 aliphatic heterocycles. The summed E-state index contributed by atoms with van der Waals surface area (Å²) in [6.07, 6.45) is -34.0. The molecule has 130 heavy (non-hydrogen) atoms. The molecule has 0 bridgehead atoms. The number of nitrogens with two attached hydrogens (primary N) is 1. The summed E-state index contributed by atoms with van der Waals surface area (Å²) in [7, 11) is 2.48. The summed E-state index contributed by atoms with van der Waals surface area (Å²) in [5.74, 6) is -2.90. The van der Waals surface area contributed by atoms with Crippen molar-refractivity contribution in [2.24, 2.45) is 56.0 Å². The van der Waals surface area contributed by atoms with E-state index in [1.807, 2.05) is 0 Å². The minimum Gasteiger partial charge on any atom is -0.432 e. The van der Waals surface area contributed by atoms with Gasteiger partial charge < -0.3 is 185 Å². The Bertz CT molecular complexity index is 3450. The van der Waals surface area contributed by atoms with Gasteiger partial charge >= 0.3 is 5.97 Å². The molecule has 24 N–H and O–H groups in total. The van der Waals surface area contributed by atoms with Crippen molar-refractivity contribution in [1.82, 2.24) is 21.3 Å². The minimum atomic E-state index is -2.20. The zero-order chi connectivity index (χ0) is 95.2. The molecule has 39 heteroatoms. The molecule has 5 heterocycles. The van der Waals surface area contributed by atoms with Crippen LogP contribution in [0.2, 0.25) is 0 Å². The number of unbranched alkanes of at least 4 members (excludes halogenated alkanes) is 10. The first-order valence-electron chi connectivity index (χ1n) is 48.0. The Morgan fingerprint density at radius 3 is 1.82 bits per heavy atom. The van der Waals surface area contributed by atoms with E-state index in [-0.39, 0.29) is 37.6 Å². The maximum atomic E-state index is 16.1. The summed E-state index contributed by atoms with van der Waals surface area (Å²) in [6.45, 7) is 19.5. The van der Waals surface area contributed by atoms with Crippen molar-refractivity contribution >= 4 is 11.9 Å². The van der Waals surface area contributed by atoms with Crippen LogP contribution in [0.15, 0.2) is 11.6 Å². The van der Waals surface area contributed by atoms with Crippen molar-refractivity contribution in [3.05, 3.63) is 11.6 Å². The van der Waals surface area contributed by atoms with Gasteiger partial charge in [0.25, 0.3) is 5.91 Å². The number of amides is 1. The maximum Gasteiger partial charge on any atom is 0.317 e. The highest BCUT2D eigenvalue weighted by Crippen LogP contribution is 2.76. The molecular weight excluding hydrogens is 1710 g/mol. The summed E-state index contributed by atoms with van der Waals surface area (Å²) in [6, 6.07) is 0. The first kappa shape index (κ1) is 109. The van der Waals surface area contributed by atoms with E-state index in [0.717, 1.165) is 83.0 Å². The molecule has 5 saturated heterocycles. The van der Waals surface area contributed by atoms with Gasteiger partial charge in [-0.05, 0) is 182 Å². The second-order valence-electron chi connectivity index (χ2n) is 40.6. The van der Waals surface area contributed by atoms with Gasteiger partial charge in [-0.1, -0.05) is 118 Å². The van der Waals surface area contributed by atoms with E-state index in [2.05, 4.69) is 75.8 Å². The normalized spacial score (nSPS) is 41.6. The van der Waals surface area contributed by atoms with Gasteiger partial charge in [0.2, 0.25) is 6.29 Å². The highest BCUT2D eigenvalue weighted by molar-refractivity contribution is 5.81. The number of methoxy groups -OCH3 is 2. The molecule has 0 aromatic heterocycles.